The summed E-state index contributed by atoms with van der Waals surface area (Å²) >= 11 is 1.37. The van der Waals surface area contributed by atoms with Gasteiger partial charge in [0.05, 0.1) is 17.4 Å². The zero-order valence-corrected chi connectivity index (χ0v) is 11.6. The van der Waals surface area contributed by atoms with Gasteiger partial charge in [0.15, 0.2) is 11.7 Å². The molecule has 3 unspecified atom stereocenters. The second-order valence-corrected chi connectivity index (χ2v) is 5.84. The van der Waals surface area contributed by atoms with Crippen LogP contribution in [0.4, 0.5) is 0 Å². The molecular formula is C15H10N2O3S. The number of carbonyl (C=O) groups excluding carboxylic acids is 3. The number of nitrogens with zero attached hydrogens (tertiary/aromatic N) is 1. The molecule has 0 spiro atoms. The summed E-state index contributed by atoms with van der Waals surface area (Å²) < 4.78 is 0. The highest BCUT2D eigenvalue weighted by Gasteiger charge is 2.47. The number of carbonyl (C=O) groups is 3. The van der Waals surface area contributed by atoms with Crippen molar-refractivity contribution in [3.8, 4) is 6.07 Å². The fourth-order valence-corrected chi connectivity index (χ4v) is 3.74. The second kappa shape index (κ2) is 5.19. The number of rotatable bonds is 2. The van der Waals surface area contributed by atoms with E-state index in [-0.39, 0.29) is 11.2 Å². The van der Waals surface area contributed by atoms with E-state index < -0.39 is 17.7 Å². The van der Waals surface area contributed by atoms with Gasteiger partial charge in [0.25, 0.3) is 0 Å². The predicted octanol–water partition coefficient (Wildman–Crippen LogP) is 1.37. The smallest absolute Gasteiger partial charge is 0.245 e. The van der Waals surface area contributed by atoms with E-state index in [0.717, 1.165) is 17.4 Å². The van der Waals surface area contributed by atoms with E-state index in [0.29, 0.717) is 5.56 Å². The highest BCUT2D eigenvalue weighted by atomic mass is 32.2. The molecule has 21 heavy (non-hydrogen) atoms. The number of nitrogens with one attached hydrogen (secondary N) is 1. The summed E-state index contributed by atoms with van der Waals surface area (Å²) in [5.41, 5.74) is 2.16. The Morgan fingerprint density at radius 3 is 2.57 bits per heavy atom. The topological polar surface area (TPSA) is 87.0 Å². The third kappa shape index (κ3) is 2.16. The Bertz CT molecular complexity index is 703. The van der Waals surface area contributed by atoms with E-state index >= 15 is 0 Å². The average molecular weight is 298 g/mol. The van der Waals surface area contributed by atoms with Crippen LogP contribution in [0.25, 0.3) is 5.57 Å². The van der Waals surface area contributed by atoms with Crippen LogP contribution in [-0.2, 0) is 9.59 Å². The molecule has 0 radical (unpaired) electrons. The first kappa shape index (κ1) is 13.6. The van der Waals surface area contributed by atoms with Crippen molar-refractivity contribution in [1.29, 1.82) is 5.26 Å². The third-order valence-electron chi connectivity index (χ3n) is 3.63. The SMILES string of the molecule is N#CC1C(=O)NC2SC=C(c3ccc(C=O)cc3)C2C1=O. The van der Waals surface area contributed by atoms with E-state index in [9.17, 15) is 14.4 Å². The summed E-state index contributed by atoms with van der Waals surface area (Å²) in [6.45, 7) is 0. The summed E-state index contributed by atoms with van der Waals surface area (Å²) in [4.78, 5) is 34.7. The van der Waals surface area contributed by atoms with Gasteiger partial charge in [-0.3, -0.25) is 14.4 Å². The molecule has 1 aromatic carbocycles. The number of amides is 1. The second-order valence-electron chi connectivity index (χ2n) is 4.82. The first-order valence-electron chi connectivity index (χ1n) is 6.30. The molecule has 1 N–H and O–H groups in total. The summed E-state index contributed by atoms with van der Waals surface area (Å²) in [5, 5.41) is 13.2. The summed E-state index contributed by atoms with van der Waals surface area (Å²) in [6.07, 6.45) is 0.752. The lowest BCUT2D eigenvalue weighted by Gasteiger charge is -2.29. The van der Waals surface area contributed by atoms with Crippen LogP contribution in [0.3, 0.4) is 0 Å². The lowest BCUT2D eigenvalue weighted by atomic mass is 9.82. The number of hydrogen-bond acceptors (Lipinski definition) is 5. The number of thioether (sulfide) groups is 1. The van der Waals surface area contributed by atoms with Gasteiger partial charge < -0.3 is 5.32 Å². The molecule has 1 aromatic rings. The Hall–Kier alpha value is -2.39. The minimum Gasteiger partial charge on any atom is -0.341 e. The van der Waals surface area contributed by atoms with Crippen LogP contribution in [0, 0.1) is 23.2 Å². The maximum absolute atomic E-state index is 12.4. The van der Waals surface area contributed by atoms with Crippen LogP contribution in [0.2, 0.25) is 0 Å². The van der Waals surface area contributed by atoms with Gasteiger partial charge in [-0.15, -0.1) is 11.8 Å². The van der Waals surface area contributed by atoms with Crippen LogP contribution >= 0.6 is 11.8 Å². The van der Waals surface area contributed by atoms with Gasteiger partial charge in [-0.25, -0.2) is 0 Å². The zero-order valence-electron chi connectivity index (χ0n) is 10.8. The minimum absolute atomic E-state index is 0.352. The van der Waals surface area contributed by atoms with Gasteiger partial charge in [-0.2, -0.15) is 5.26 Å². The maximum atomic E-state index is 12.4. The molecule has 104 valence electrons. The first-order valence-corrected chi connectivity index (χ1v) is 7.25. The van der Waals surface area contributed by atoms with E-state index in [4.69, 9.17) is 5.26 Å². The summed E-state index contributed by atoms with van der Waals surface area (Å²) in [5.74, 6) is -2.65. The summed E-state index contributed by atoms with van der Waals surface area (Å²) in [6, 6.07) is 8.65. The highest BCUT2D eigenvalue weighted by Crippen LogP contribution is 2.43. The minimum atomic E-state index is -1.25. The number of piperidine rings is 1. The standard InChI is InChI=1S/C15H10N2O3S/c16-5-10-13(19)12-11(7-21-15(12)17-14(10)20)9-3-1-8(6-18)2-4-9/h1-4,6-7,10,12,15H,(H,17,20). The maximum Gasteiger partial charge on any atom is 0.245 e. The van der Waals surface area contributed by atoms with Crippen molar-refractivity contribution in [3.63, 3.8) is 0 Å². The largest absolute Gasteiger partial charge is 0.341 e. The van der Waals surface area contributed by atoms with Crippen LogP contribution in [-0.4, -0.2) is 23.4 Å². The normalized spacial score (nSPS) is 27.4. The van der Waals surface area contributed by atoms with Crippen molar-refractivity contribution in [2.75, 3.05) is 0 Å². The van der Waals surface area contributed by atoms with Gasteiger partial charge in [0.1, 0.15) is 6.29 Å². The number of Topliss-reactive ketones (excluding diaryl/α,β-unsaturated/α-hetero) is 1. The Balaban J connectivity index is 1.94. The molecule has 0 aromatic heterocycles. The zero-order chi connectivity index (χ0) is 15.0. The van der Waals surface area contributed by atoms with Crippen molar-refractivity contribution in [3.05, 3.63) is 40.8 Å². The van der Waals surface area contributed by atoms with E-state index in [1.54, 1.807) is 30.3 Å². The number of benzene rings is 1. The molecule has 2 heterocycles. The van der Waals surface area contributed by atoms with Crippen molar-refractivity contribution in [1.82, 2.24) is 5.32 Å². The van der Waals surface area contributed by atoms with Crippen molar-refractivity contribution < 1.29 is 14.4 Å². The number of hydrogen-bond donors (Lipinski definition) is 1. The third-order valence-corrected chi connectivity index (χ3v) is 4.70. The fourth-order valence-electron chi connectivity index (χ4n) is 2.54. The molecule has 0 aliphatic carbocycles. The van der Waals surface area contributed by atoms with Crippen molar-refractivity contribution in [2.45, 2.75) is 5.37 Å². The molecule has 3 rings (SSSR count). The van der Waals surface area contributed by atoms with Crippen molar-refractivity contribution in [2.24, 2.45) is 11.8 Å². The molecule has 2 aliphatic heterocycles. The highest BCUT2D eigenvalue weighted by molar-refractivity contribution is 8.03. The molecule has 2 aliphatic rings. The lowest BCUT2D eigenvalue weighted by molar-refractivity contribution is -0.136. The molecule has 1 saturated heterocycles. The average Bonchev–Trinajstić information content (AvgIpc) is 2.91. The molecule has 0 bridgehead atoms. The van der Waals surface area contributed by atoms with E-state index in [1.807, 2.05) is 5.41 Å². The molecule has 6 heteroatoms. The van der Waals surface area contributed by atoms with Gasteiger partial charge in [-0.05, 0) is 16.5 Å². The monoisotopic (exact) mass is 298 g/mol. The van der Waals surface area contributed by atoms with Crippen molar-refractivity contribution >= 4 is 35.3 Å². The van der Waals surface area contributed by atoms with Crippen LogP contribution in [0.1, 0.15) is 15.9 Å². The fraction of sp³-hybridized carbons (Fsp3) is 0.200. The molecule has 0 saturated carbocycles. The number of ketones is 1. The number of aldehydes is 1. The molecule has 5 nitrogen and oxygen atoms in total. The van der Waals surface area contributed by atoms with Gasteiger partial charge in [-0.1, -0.05) is 24.3 Å². The van der Waals surface area contributed by atoms with Gasteiger partial charge in [0.2, 0.25) is 5.91 Å². The van der Waals surface area contributed by atoms with Crippen LogP contribution in [0.5, 0.6) is 0 Å². The Morgan fingerprint density at radius 1 is 1.24 bits per heavy atom. The Kier molecular flexibility index (Phi) is 3.35. The van der Waals surface area contributed by atoms with Gasteiger partial charge in [0, 0.05) is 5.56 Å². The first-order chi connectivity index (χ1) is 10.2. The van der Waals surface area contributed by atoms with E-state index in [2.05, 4.69) is 5.32 Å². The Morgan fingerprint density at radius 2 is 1.95 bits per heavy atom. The molecule has 3 atom stereocenters. The van der Waals surface area contributed by atoms with E-state index in [1.165, 1.54) is 11.8 Å². The summed E-state index contributed by atoms with van der Waals surface area (Å²) in [7, 11) is 0. The van der Waals surface area contributed by atoms with Crippen LogP contribution < -0.4 is 5.32 Å². The molecular weight excluding hydrogens is 288 g/mol. The number of fused-ring (bicyclic) bond motifs is 1. The quantitative estimate of drug-likeness (QED) is 0.658. The Labute approximate surface area is 125 Å². The molecule has 1 amide bonds. The van der Waals surface area contributed by atoms with Crippen LogP contribution in [0.15, 0.2) is 29.7 Å². The number of nitriles is 1. The predicted molar refractivity (Wildman–Crippen MR) is 76.9 cm³/mol. The van der Waals surface area contributed by atoms with Gasteiger partial charge >= 0.3 is 0 Å². The lowest BCUT2D eigenvalue weighted by Crippen LogP contribution is -2.52. The molecule has 1 fully saturated rings.